The van der Waals surface area contributed by atoms with Crippen LogP contribution in [0.1, 0.15) is 24.9 Å². The maximum Gasteiger partial charge on any atom is 0.315 e. The Morgan fingerprint density at radius 3 is 2.76 bits per heavy atom. The van der Waals surface area contributed by atoms with Gasteiger partial charge in [-0.3, -0.25) is 0 Å². The van der Waals surface area contributed by atoms with Crippen molar-refractivity contribution in [3.63, 3.8) is 0 Å². The highest BCUT2D eigenvalue weighted by Crippen LogP contribution is 2.16. The molecule has 0 aliphatic rings. The van der Waals surface area contributed by atoms with Crippen LogP contribution in [0.3, 0.4) is 0 Å². The number of benzene rings is 2. The van der Waals surface area contributed by atoms with E-state index in [1.54, 1.807) is 0 Å². The fourth-order valence-electron chi connectivity index (χ4n) is 2.72. The van der Waals surface area contributed by atoms with Crippen molar-refractivity contribution in [1.29, 1.82) is 0 Å². The molecule has 0 saturated carbocycles. The Morgan fingerprint density at radius 2 is 1.96 bits per heavy atom. The first kappa shape index (κ1) is 17.3. The van der Waals surface area contributed by atoms with Gasteiger partial charge in [-0.1, -0.05) is 35.9 Å². The van der Waals surface area contributed by atoms with Crippen molar-refractivity contribution in [2.75, 3.05) is 6.54 Å². The third-order valence-electron chi connectivity index (χ3n) is 4.11. The monoisotopic (exact) mass is 356 g/mol. The summed E-state index contributed by atoms with van der Waals surface area (Å²) >= 11 is 5.88. The van der Waals surface area contributed by atoms with Gasteiger partial charge in [0.1, 0.15) is 0 Å². The van der Waals surface area contributed by atoms with Crippen LogP contribution < -0.4 is 10.6 Å². The van der Waals surface area contributed by atoms with E-state index in [1.165, 1.54) is 0 Å². The predicted molar refractivity (Wildman–Crippen MR) is 101 cm³/mol. The highest BCUT2D eigenvalue weighted by Gasteiger charge is 2.09. The van der Waals surface area contributed by atoms with Crippen LogP contribution in [0.5, 0.6) is 0 Å². The minimum Gasteiger partial charge on any atom is -0.338 e. The van der Waals surface area contributed by atoms with E-state index in [1.807, 2.05) is 55.7 Å². The normalized spacial score (nSPS) is 12.1. The number of carbonyl (C=O) groups excluding carboxylic acids is 1. The highest BCUT2D eigenvalue weighted by molar-refractivity contribution is 6.30. The molecule has 0 bridgehead atoms. The van der Waals surface area contributed by atoms with Crippen molar-refractivity contribution in [2.24, 2.45) is 0 Å². The molecule has 0 spiro atoms. The lowest BCUT2D eigenvalue weighted by molar-refractivity contribution is 0.237. The van der Waals surface area contributed by atoms with Crippen LogP contribution in [0.4, 0.5) is 4.79 Å². The molecule has 1 heterocycles. The highest BCUT2D eigenvalue weighted by atomic mass is 35.5. The largest absolute Gasteiger partial charge is 0.338 e. The summed E-state index contributed by atoms with van der Waals surface area (Å²) in [6, 6.07) is 15.3. The van der Waals surface area contributed by atoms with Crippen LogP contribution in [0.15, 0.2) is 54.9 Å². The Labute approximate surface area is 152 Å². The third-order valence-corrected chi connectivity index (χ3v) is 4.36. The number of para-hydroxylation sites is 2. The Balaban J connectivity index is 1.42. The second-order valence-corrected chi connectivity index (χ2v) is 6.39. The number of fused-ring (bicyclic) bond motifs is 1. The zero-order valence-electron chi connectivity index (χ0n) is 14.1. The maximum atomic E-state index is 12.0. The lowest BCUT2D eigenvalue weighted by Crippen LogP contribution is -2.37. The summed E-state index contributed by atoms with van der Waals surface area (Å²) in [5.41, 5.74) is 3.12. The van der Waals surface area contributed by atoms with E-state index >= 15 is 0 Å². The number of hydrogen-bond acceptors (Lipinski definition) is 2. The fraction of sp³-hybridized carbons (Fsp3) is 0.263. The Morgan fingerprint density at radius 1 is 1.20 bits per heavy atom. The maximum absolute atomic E-state index is 12.0. The molecule has 1 aromatic heterocycles. The van der Waals surface area contributed by atoms with Crippen LogP contribution in [0.2, 0.25) is 5.02 Å². The van der Waals surface area contributed by atoms with Gasteiger partial charge >= 0.3 is 6.03 Å². The molecule has 1 atom stereocenters. The van der Waals surface area contributed by atoms with Gasteiger partial charge in [-0.05, 0) is 43.2 Å². The Hall–Kier alpha value is -2.53. The van der Waals surface area contributed by atoms with E-state index in [0.717, 1.165) is 29.6 Å². The van der Waals surface area contributed by atoms with Gasteiger partial charge in [-0.15, -0.1) is 0 Å². The number of hydrogen-bond donors (Lipinski definition) is 2. The first-order valence-electron chi connectivity index (χ1n) is 8.33. The molecule has 130 valence electrons. The summed E-state index contributed by atoms with van der Waals surface area (Å²) in [6.45, 7) is 3.36. The van der Waals surface area contributed by atoms with E-state index in [4.69, 9.17) is 11.6 Å². The summed E-state index contributed by atoms with van der Waals surface area (Å²) in [7, 11) is 0. The fourth-order valence-corrected chi connectivity index (χ4v) is 2.85. The summed E-state index contributed by atoms with van der Waals surface area (Å²) < 4.78 is 2.10. The van der Waals surface area contributed by atoms with E-state index in [9.17, 15) is 4.79 Å². The molecule has 25 heavy (non-hydrogen) atoms. The van der Waals surface area contributed by atoms with Gasteiger partial charge in [0.25, 0.3) is 0 Å². The van der Waals surface area contributed by atoms with E-state index in [2.05, 4.69) is 26.3 Å². The molecule has 3 rings (SSSR count). The van der Waals surface area contributed by atoms with Crippen LogP contribution >= 0.6 is 11.6 Å². The van der Waals surface area contributed by atoms with Crippen molar-refractivity contribution in [3.8, 4) is 0 Å². The van der Waals surface area contributed by atoms with Gasteiger partial charge in [0, 0.05) is 18.1 Å². The van der Waals surface area contributed by atoms with Crippen molar-refractivity contribution in [1.82, 2.24) is 20.2 Å². The average Bonchev–Trinajstić information content (AvgIpc) is 3.02. The SMILES string of the molecule is CC(NC(=O)NCCCn1cnc2ccccc21)c1ccc(Cl)cc1. The smallest absolute Gasteiger partial charge is 0.315 e. The molecule has 2 amide bonds. The van der Waals surface area contributed by atoms with E-state index in [0.29, 0.717) is 11.6 Å². The minimum absolute atomic E-state index is 0.0742. The van der Waals surface area contributed by atoms with Gasteiger partial charge in [0.2, 0.25) is 0 Å². The summed E-state index contributed by atoms with van der Waals surface area (Å²) in [5, 5.41) is 6.51. The topological polar surface area (TPSA) is 59.0 Å². The molecule has 0 saturated heterocycles. The number of halogens is 1. The number of nitrogens with one attached hydrogen (secondary N) is 2. The first-order valence-corrected chi connectivity index (χ1v) is 8.71. The number of imidazole rings is 1. The molecule has 5 nitrogen and oxygen atoms in total. The first-order chi connectivity index (χ1) is 12.1. The van der Waals surface area contributed by atoms with Gasteiger partial charge in [0.05, 0.1) is 23.4 Å². The lowest BCUT2D eigenvalue weighted by Gasteiger charge is -2.15. The average molecular weight is 357 g/mol. The van der Waals surface area contributed by atoms with Crippen molar-refractivity contribution >= 4 is 28.7 Å². The number of amides is 2. The molecular formula is C19H21ClN4O. The summed E-state index contributed by atoms with van der Waals surface area (Å²) in [4.78, 5) is 16.4. The molecule has 2 N–H and O–H groups in total. The van der Waals surface area contributed by atoms with Crippen LogP contribution in [-0.2, 0) is 6.54 Å². The molecule has 1 unspecified atom stereocenters. The van der Waals surface area contributed by atoms with Gasteiger partial charge < -0.3 is 15.2 Å². The molecular weight excluding hydrogens is 336 g/mol. The summed E-state index contributed by atoms with van der Waals surface area (Å²) in [5.74, 6) is 0. The van der Waals surface area contributed by atoms with Gasteiger partial charge in [-0.25, -0.2) is 9.78 Å². The number of rotatable bonds is 6. The zero-order valence-corrected chi connectivity index (χ0v) is 14.8. The molecule has 6 heteroatoms. The number of aromatic nitrogens is 2. The summed E-state index contributed by atoms with van der Waals surface area (Å²) in [6.07, 6.45) is 2.68. The quantitative estimate of drug-likeness (QED) is 0.652. The van der Waals surface area contributed by atoms with Crippen LogP contribution in [-0.4, -0.2) is 22.1 Å². The Kier molecular flexibility index (Phi) is 5.56. The minimum atomic E-state index is -0.169. The standard InChI is InChI=1S/C19H21ClN4O/c1-14(15-7-9-16(20)10-8-15)23-19(25)21-11-4-12-24-13-22-17-5-2-3-6-18(17)24/h2-3,5-10,13-14H,4,11-12H2,1H3,(H2,21,23,25). The molecule has 3 aromatic rings. The Bertz CT molecular complexity index is 844. The predicted octanol–water partition coefficient (Wildman–Crippen LogP) is 4.14. The third kappa shape index (κ3) is 4.51. The number of aryl methyl sites for hydroxylation is 1. The number of carbonyl (C=O) groups is 1. The van der Waals surface area contributed by atoms with Gasteiger partial charge in [-0.2, -0.15) is 0 Å². The van der Waals surface area contributed by atoms with Crippen LogP contribution in [0, 0.1) is 0 Å². The molecule has 0 aliphatic carbocycles. The van der Waals surface area contributed by atoms with Crippen molar-refractivity contribution < 1.29 is 4.79 Å². The van der Waals surface area contributed by atoms with Crippen molar-refractivity contribution in [3.05, 3.63) is 65.4 Å². The van der Waals surface area contributed by atoms with E-state index < -0.39 is 0 Å². The zero-order chi connectivity index (χ0) is 17.6. The van der Waals surface area contributed by atoms with E-state index in [-0.39, 0.29) is 12.1 Å². The molecule has 2 aromatic carbocycles. The number of nitrogens with zero attached hydrogens (tertiary/aromatic N) is 2. The van der Waals surface area contributed by atoms with Gasteiger partial charge in [0.15, 0.2) is 0 Å². The molecule has 0 aliphatic heterocycles. The van der Waals surface area contributed by atoms with Crippen molar-refractivity contribution in [2.45, 2.75) is 25.9 Å². The second-order valence-electron chi connectivity index (χ2n) is 5.95. The second kappa shape index (κ2) is 8.03. The molecule has 0 radical (unpaired) electrons. The lowest BCUT2D eigenvalue weighted by atomic mass is 10.1. The van der Waals surface area contributed by atoms with Crippen LogP contribution in [0.25, 0.3) is 11.0 Å². The number of urea groups is 1. The molecule has 0 fully saturated rings.